The van der Waals surface area contributed by atoms with E-state index < -0.39 is 10.8 Å². The van der Waals surface area contributed by atoms with Crippen molar-refractivity contribution in [3.05, 3.63) is 73.3 Å². The number of halogens is 2. The number of nitro groups is 1. The van der Waals surface area contributed by atoms with Crippen LogP contribution >= 0.6 is 46.3 Å². The lowest BCUT2D eigenvalue weighted by molar-refractivity contribution is -0.387. The summed E-state index contributed by atoms with van der Waals surface area (Å²) in [6.07, 6.45) is 2.80. The molecule has 0 fully saturated rings. The highest BCUT2D eigenvalue weighted by Gasteiger charge is 2.24. The van der Waals surface area contributed by atoms with E-state index in [9.17, 15) is 14.9 Å². The first-order valence-corrected chi connectivity index (χ1v) is 11.0. The van der Waals surface area contributed by atoms with E-state index in [0.29, 0.717) is 21.5 Å². The van der Waals surface area contributed by atoms with E-state index in [-0.39, 0.29) is 27.2 Å². The molecule has 0 atom stereocenters. The van der Waals surface area contributed by atoms with Crippen molar-refractivity contribution in [2.45, 2.75) is 22.6 Å². The average molecular weight is 484 g/mol. The number of rotatable bonds is 8. The molecule has 0 saturated heterocycles. The Kier molecular flexibility index (Phi) is 7.54. The maximum absolute atomic E-state index is 12.6. The van der Waals surface area contributed by atoms with E-state index in [4.69, 9.17) is 27.9 Å². The number of carbonyl (C=O) groups excluding carboxylic acids is 1. The fraction of sp³-hybridized carbons (Fsp3) is 0.158. The third kappa shape index (κ3) is 5.42. The number of benzene rings is 1. The minimum Gasteiger partial charge on any atom is -0.494 e. The second-order valence-corrected chi connectivity index (χ2v) is 8.98. The molecule has 1 aromatic carbocycles. The van der Waals surface area contributed by atoms with Gasteiger partial charge in [0.15, 0.2) is 0 Å². The van der Waals surface area contributed by atoms with Gasteiger partial charge in [-0.2, -0.15) is 0 Å². The molecule has 1 N–H and O–H groups in total. The van der Waals surface area contributed by atoms with Crippen LogP contribution in [-0.4, -0.2) is 22.4 Å². The van der Waals surface area contributed by atoms with Gasteiger partial charge in [-0.15, -0.1) is 11.3 Å². The molecule has 0 unspecified atom stereocenters. The average Bonchev–Trinajstić information content (AvgIpc) is 3.14. The van der Waals surface area contributed by atoms with Gasteiger partial charge in [-0.1, -0.05) is 47.1 Å². The normalized spacial score (nSPS) is 10.6. The van der Waals surface area contributed by atoms with Crippen LogP contribution in [0.15, 0.2) is 51.8 Å². The van der Waals surface area contributed by atoms with Crippen molar-refractivity contribution in [2.24, 2.45) is 0 Å². The summed E-state index contributed by atoms with van der Waals surface area (Å²) in [6.45, 7) is 2.69. The van der Waals surface area contributed by atoms with Gasteiger partial charge < -0.3 is 10.1 Å². The highest BCUT2D eigenvalue weighted by atomic mass is 35.5. The molecule has 0 aliphatic rings. The standard InChI is InChI=1S/C19H15Cl2N3O4S2/c1-2-28-12-5-3-4-11(6-12)8-23-18(25)16-7-15(24(26)27)19(29-16)30-17-13(20)9-22-10-14(17)21/h3-7,9-10H,2,8H2,1H3,(H,23,25). The Hall–Kier alpha value is -2.33. The Labute approximate surface area is 190 Å². The zero-order valence-electron chi connectivity index (χ0n) is 15.6. The van der Waals surface area contributed by atoms with Crippen molar-refractivity contribution >= 4 is 57.9 Å². The molecule has 11 heteroatoms. The maximum Gasteiger partial charge on any atom is 0.294 e. The Balaban J connectivity index is 1.78. The highest BCUT2D eigenvalue weighted by molar-refractivity contribution is 8.01. The molecular formula is C19H15Cl2N3O4S2. The SMILES string of the molecule is CCOc1cccc(CNC(=O)c2cc([N+](=O)[O-])c(Sc3c(Cl)cncc3Cl)s2)c1. The van der Waals surface area contributed by atoms with Gasteiger partial charge in [0.1, 0.15) is 14.8 Å². The number of carbonyl (C=O) groups is 1. The molecule has 0 aliphatic heterocycles. The molecule has 0 aliphatic carbocycles. The monoisotopic (exact) mass is 483 g/mol. The van der Waals surface area contributed by atoms with Gasteiger partial charge in [0, 0.05) is 25.0 Å². The summed E-state index contributed by atoms with van der Waals surface area (Å²) in [5.74, 6) is 0.296. The van der Waals surface area contributed by atoms with Crippen LogP contribution in [0.3, 0.4) is 0 Å². The summed E-state index contributed by atoms with van der Waals surface area (Å²) >= 11 is 14.3. The van der Waals surface area contributed by atoms with Crippen molar-refractivity contribution in [2.75, 3.05) is 6.61 Å². The fourth-order valence-electron chi connectivity index (χ4n) is 2.45. The minimum absolute atomic E-state index is 0.183. The van der Waals surface area contributed by atoms with Crippen molar-refractivity contribution in [3.63, 3.8) is 0 Å². The van der Waals surface area contributed by atoms with E-state index in [2.05, 4.69) is 10.3 Å². The van der Waals surface area contributed by atoms with E-state index >= 15 is 0 Å². The van der Waals surface area contributed by atoms with Crippen LogP contribution < -0.4 is 10.1 Å². The first-order valence-electron chi connectivity index (χ1n) is 8.64. The summed E-state index contributed by atoms with van der Waals surface area (Å²) in [5.41, 5.74) is 0.669. The lowest BCUT2D eigenvalue weighted by Crippen LogP contribution is -2.21. The van der Waals surface area contributed by atoms with E-state index in [1.807, 2.05) is 31.2 Å². The molecule has 156 valence electrons. The number of nitrogens with one attached hydrogen (secondary N) is 1. The lowest BCUT2D eigenvalue weighted by Gasteiger charge is -2.07. The summed E-state index contributed by atoms with van der Waals surface area (Å²) in [6, 6.07) is 8.60. The van der Waals surface area contributed by atoms with Crippen molar-refractivity contribution in [3.8, 4) is 5.75 Å². The van der Waals surface area contributed by atoms with Crippen molar-refractivity contribution in [1.82, 2.24) is 10.3 Å². The van der Waals surface area contributed by atoms with E-state index in [0.717, 1.165) is 28.7 Å². The van der Waals surface area contributed by atoms with Crippen molar-refractivity contribution in [1.29, 1.82) is 0 Å². The van der Waals surface area contributed by atoms with E-state index in [1.165, 1.54) is 18.5 Å². The molecule has 3 rings (SSSR count). The second kappa shape index (κ2) is 10.1. The number of aromatic nitrogens is 1. The van der Waals surface area contributed by atoms with Gasteiger partial charge in [-0.3, -0.25) is 19.9 Å². The molecule has 0 radical (unpaired) electrons. The fourth-order valence-corrected chi connectivity index (χ4v) is 5.23. The van der Waals surface area contributed by atoms with Gasteiger partial charge in [0.2, 0.25) is 0 Å². The largest absolute Gasteiger partial charge is 0.494 e. The molecule has 7 nitrogen and oxygen atoms in total. The third-order valence-corrected chi connectivity index (χ3v) is 7.02. The molecule has 0 saturated carbocycles. The Bertz CT molecular complexity index is 1070. The predicted molar refractivity (Wildman–Crippen MR) is 118 cm³/mol. The van der Waals surface area contributed by atoms with Crippen LogP contribution in [0, 0.1) is 10.1 Å². The molecule has 30 heavy (non-hydrogen) atoms. The molecule has 2 heterocycles. The van der Waals surface area contributed by atoms with Gasteiger partial charge in [0.05, 0.1) is 26.5 Å². The van der Waals surface area contributed by atoms with Crippen LogP contribution in [0.25, 0.3) is 0 Å². The minimum atomic E-state index is -0.538. The lowest BCUT2D eigenvalue weighted by atomic mass is 10.2. The third-order valence-electron chi connectivity index (χ3n) is 3.77. The molecule has 2 aromatic heterocycles. The Morgan fingerprint density at radius 1 is 1.30 bits per heavy atom. The summed E-state index contributed by atoms with van der Waals surface area (Å²) in [5, 5.41) is 14.8. The van der Waals surface area contributed by atoms with Gasteiger partial charge in [-0.05, 0) is 24.6 Å². The van der Waals surface area contributed by atoms with Crippen molar-refractivity contribution < 1.29 is 14.5 Å². The quantitative estimate of drug-likeness (QED) is 0.319. The molecule has 1 amide bonds. The number of pyridine rings is 1. The van der Waals surface area contributed by atoms with Crippen LogP contribution in [0.1, 0.15) is 22.2 Å². The number of hydrogen-bond donors (Lipinski definition) is 1. The molecule has 3 aromatic rings. The Morgan fingerprint density at radius 3 is 2.70 bits per heavy atom. The second-order valence-electron chi connectivity index (χ2n) is 5.84. The maximum atomic E-state index is 12.6. The topological polar surface area (TPSA) is 94.4 Å². The summed E-state index contributed by atoms with van der Waals surface area (Å²) < 4.78 is 5.75. The molecular weight excluding hydrogens is 469 g/mol. The smallest absolute Gasteiger partial charge is 0.294 e. The van der Waals surface area contributed by atoms with Crippen LogP contribution in [0.4, 0.5) is 5.69 Å². The van der Waals surface area contributed by atoms with Crippen LogP contribution in [0.5, 0.6) is 5.75 Å². The zero-order chi connectivity index (χ0) is 21.7. The number of ether oxygens (including phenoxy) is 1. The van der Waals surface area contributed by atoms with Gasteiger partial charge in [0.25, 0.3) is 11.6 Å². The first-order chi connectivity index (χ1) is 14.4. The summed E-state index contributed by atoms with van der Waals surface area (Å²) in [7, 11) is 0. The number of hydrogen-bond acceptors (Lipinski definition) is 7. The molecule has 0 spiro atoms. The van der Waals surface area contributed by atoms with Gasteiger partial charge in [-0.25, -0.2) is 0 Å². The van der Waals surface area contributed by atoms with Crippen LogP contribution in [-0.2, 0) is 6.54 Å². The number of amides is 1. The van der Waals surface area contributed by atoms with Crippen LogP contribution in [0.2, 0.25) is 10.0 Å². The number of thiophene rings is 1. The Morgan fingerprint density at radius 2 is 2.03 bits per heavy atom. The predicted octanol–water partition coefficient (Wildman–Crippen LogP) is 5.84. The van der Waals surface area contributed by atoms with E-state index in [1.54, 1.807) is 0 Å². The summed E-state index contributed by atoms with van der Waals surface area (Å²) in [4.78, 5) is 28.0. The number of nitrogens with zero attached hydrogens (tertiary/aromatic N) is 2. The molecule has 0 bridgehead atoms. The zero-order valence-corrected chi connectivity index (χ0v) is 18.7. The van der Waals surface area contributed by atoms with Gasteiger partial charge >= 0.3 is 0 Å². The highest BCUT2D eigenvalue weighted by Crippen LogP contribution is 2.45. The first kappa shape index (κ1) is 22.4.